The van der Waals surface area contributed by atoms with Gasteiger partial charge in [0.15, 0.2) is 11.5 Å². The summed E-state index contributed by atoms with van der Waals surface area (Å²) in [5.74, 6) is 1.02. The first-order valence-corrected chi connectivity index (χ1v) is 5.24. The van der Waals surface area contributed by atoms with Gasteiger partial charge in [-0.25, -0.2) is 15.0 Å². The van der Waals surface area contributed by atoms with Gasteiger partial charge in [-0.05, 0) is 24.3 Å². The summed E-state index contributed by atoms with van der Waals surface area (Å²) in [5.41, 5.74) is 8.35. The molecule has 18 heavy (non-hydrogen) atoms. The Kier molecular flexibility index (Phi) is 2.17. The second-order valence-electron chi connectivity index (χ2n) is 3.73. The number of aromatic amines is 1. The number of hydrogen-bond acceptors (Lipinski definition) is 5. The molecule has 3 aromatic rings. The van der Waals surface area contributed by atoms with Gasteiger partial charge in [-0.3, -0.25) is 0 Å². The van der Waals surface area contributed by atoms with Crippen molar-refractivity contribution >= 4 is 17.0 Å². The predicted octanol–water partition coefficient (Wildman–Crippen LogP) is 1.47. The molecule has 0 amide bonds. The van der Waals surface area contributed by atoms with Gasteiger partial charge in [-0.15, -0.1) is 0 Å². The third-order valence-corrected chi connectivity index (χ3v) is 2.61. The van der Waals surface area contributed by atoms with Crippen LogP contribution in [0.2, 0.25) is 0 Å². The van der Waals surface area contributed by atoms with Crippen molar-refractivity contribution in [1.82, 2.24) is 19.9 Å². The molecule has 0 aliphatic carbocycles. The SMILES string of the molecule is N#Cc1ccc(-c2nc3ncnc(N)c3[nH]2)cc1. The van der Waals surface area contributed by atoms with Crippen molar-refractivity contribution in [2.75, 3.05) is 5.73 Å². The van der Waals surface area contributed by atoms with E-state index >= 15 is 0 Å². The second kappa shape index (κ2) is 3.82. The minimum Gasteiger partial charge on any atom is -0.382 e. The first-order chi connectivity index (χ1) is 8.78. The van der Waals surface area contributed by atoms with E-state index in [1.165, 1.54) is 6.33 Å². The number of fused-ring (bicyclic) bond motifs is 1. The Labute approximate surface area is 102 Å². The van der Waals surface area contributed by atoms with E-state index in [2.05, 4.69) is 26.0 Å². The fraction of sp³-hybridized carbons (Fsp3) is 0. The van der Waals surface area contributed by atoms with Crippen LogP contribution in [0.15, 0.2) is 30.6 Å². The molecule has 0 aliphatic rings. The summed E-state index contributed by atoms with van der Waals surface area (Å²) in [6, 6.07) is 9.17. The van der Waals surface area contributed by atoms with Crippen molar-refractivity contribution in [2.24, 2.45) is 0 Å². The van der Waals surface area contributed by atoms with Crippen molar-refractivity contribution in [3.8, 4) is 17.5 Å². The summed E-state index contributed by atoms with van der Waals surface area (Å²) in [6.45, 7) is 0. The van der Waals surface area contributed by atoms with E-state index in [0.29, 0.717) is 28.4 Å². The molecule has 0 radical (unpaired) electrons. The molecular weight excluding hydrogens is 228 g/mol. The maximum atomic E-state index is 8.74. The molecule has 0 unspecified atom stereocenters. The summed E-state index contributed by atoms with van der Waals surface area (Å²) in [5, 5.41) is 8.74. The number of H-pyrrole nitrogens is 1. The molecule has 86 valence electrons. The maximum Gasteiger partial charge on any atom is 0.183 e. The maximum absolute atomic E-state index is 8.74. The summed E-state index contributed by atoms with van der Waals surface area (Å²) < 4.78 is 0. The van der Waals surface area contributed by atoms with E-state index in [4.69, 9.17) is 11.0 Å². The molecule has 0 fully saturated rings. The summed E-state index contributed by atoms with van der Waals surface area (Å²) in [6.07, 6.45) is 1.38. The highest BCUT2D eigenvalue weighted by Crippen LogP contribution is 2.21. The quantitative estimate of drug-likeness (QED) is 0.665. The Balaban J connectivity index is 2.14. The third kappa shape index (κ3) is 1.55. The normalized spacial score (nSPS) is 10.4. The van der Waals surface area contributed by atoms with Crippen LogP contribution < -0.4 is 5.73 Å². The number of imidazole rings is 1. The van der Waals surface area contributed by atoms with Crippen LogP contribution in [0.5, 0.6) is 0 Å². The highest BCUT2D eigenvalue weighted by atomic mass is 15.0. The van der Waals surface area contributed by atoms with Gasteiger partial charge in [0.05, 0.1) is 11.6 Å². The summed E-state index contributed by atoms with van der Waals surface area (Å²) >= 11 is 0. The van der Waals surface area contributed by atoms with E-state index in [9.17, 15) is 0 Å². The Morgan fingerprint density at radius 1 is 1.17 bits per heavy atom. The minimum atomic E-state index is 0.368. The number of nitrogens with one attached hydrogen (secondary N) is 1. The number of rotatable bonds is 1. The zero-order valence-electron chi connectivity index (χ0n) is 9.25. The van der Waals surface area contributed by atoms with E-state index in [-0.39, 0.29) is 0 Å². The largest absolute Gasteiger partial charge is 0.382 e. The monoisotopic (exact) mass is 236 g/mol. The molecule has 0 saturated carbocycles. The molecular formula is C12H8N6. The molecule has 2 aromatic heterocycles. The van der Waals surface area contributed by atoms with Gasteiger partial charge in [-0.2, -0.15) is 5.26 Å². The molecule has 1 aromatic carbocycles. The molecule has 0 aliphatic heterocycles. The average Bonchev–Trinajstić information content (AvgIpc) is 2.84. The van der Waals surface area contributed by atoms with Gasteiger partial charge in [0.1, 0.15) is 17.7 Å². The van der Waals surface area contributed by atoms with Crippen molar-refractivity contribution in [1.29, 1.82) is 5.26 Å². The van der Waals surface area contributed by atoms with E-state index in [1.54, 1.807) is 12.1 Å². The fourth-order valence-corrected chi connectivity index (χ4v) is 1.69. The molecule has 6 heteroatoms. The molecule has 3 N–H and O–H groups in total. The molecule has 6 nitrogen and oxygen atoms in total. The van der Waals surface area contributed by atoms with Crippen LogP contribution >= 0.6 is 0 Å². The van der Waals surface area contributed by atoms with Gasteiger partial charge in [-0.1, -0.05) is 0 Å². The van der Waals surface area contributed by atoms with Crippen LogP contribution in [-0.4, -0.2) is 19.9 Å². The van der Waals surface area contributed by atoms with Crippen molar-refractivity contribution in [2.45, 2.75) is 0 Å². The van der Waals surface area contributed by atoms with Gasteiger partial charge < -0.3 is 10.7 Å². The molecule has 3 rings (SSSR count). The zero-order valence-corrected chi connectivity index (χ0v) is 9.25. The number of anilines is 1. The number of nitriles is 1. The Morgan fingerprint density at radius 2 is 1.94 bits per heavy atom. The van der Waals surface area contributed by atoms with E-state index in [1.807, 2.05) is 12.1 Å². The Bertz CT molecular complexity index is 750. The molecule has 2 heterocycles. The fourth-order valence-electron chi connectivity index (χ4n) is 1.69. The number of nitrogen functional groups attached to an aromatic ring is 1. The van der Waals surface area contributed by atoms with E-state index in [0.717, 1.165) is 5.56 Å². The van der Waals surface area contributed by atoms with Crippen molar-refractivity contribution in [3.63, 3.8) is 0 Å². The van der Waals surface area contributed by atoms with Gasteiger partial charge in [0.2, 0.25) is 0 Å². The van der Waals surface area contributed by atoms with Gasteiger partial charge in [0, 0.05) is 5.56 Å². The predicted molar refractivity (Wildman–Crippen MR) is 66.2 cm³/mol. The van der Waals surface area contributed by atoms with Gasteiger partial charge >= 0.3 is 0 Å². The minimum absolute atomic E-state index is 0.368. The average molecular weight is 236 g/mol. The molecule has 0 bridgehead atoms. The second-order valence-corrected chi connectivity index (χ2v) is 3.73. The molecule has 0 saturated heterocycles. The standard InChI is InChI=1S/C12H8N6/c13-5-7-1-3-8(4-2-7)11-17-9-10(14)15-6-16-12(9)18-11/h1-4,6H,(H3,14,15,16,17,18). The van der Waals surface area contributed by atoms with Crippen LogP contribution in [0, 0.1) is 11.3 Å². The number of nitrogens with two attached hydrogens (primary N) is 1. The lowest BCUT2D eigenvalue weighted by molar-refractivity contribution is 1.21. The first kappa shape index (κ1) is 10.2. The Morgan fingerprint density at radius 3 is 2.61 bits per heavy atom. The van der Waals surface area contributed by atoms with Crippen LogP contribution in [0.25, 0.3) is 22.6 Å². The lowest BCUT2D eigenvalue weighted by atomic mass is 10.1. The number of benzene rings is 1. The number of hydrogen-bond donors (Lipinski definition) is 2. The smallest absolute Gasteiger partial charge is 0.183 e. The highest BCUT2D eigenvalue weighted by molar-refractivity contribution is 5.84. The van der Waals surface area contributed by atoms with Crippen LogP contribution in [0.1, 0.15) is 5.56 Å². The Hall–Kier alpha value is -2.94. The molecule has 0 atom stereocenters. The lowest BCUT2D eigenvalue weighted by Crippen LogP contribution is -1.91. The van der Waals surface area contributed by atoms with Crippen LogP contribution in [0.3, 0.4) is 0 Å². The first-order valence-electron chi connectivity index (χ1n) is 5.24. The van der Waals surface area contributed by atoms with Crippen molar-refractivity contribution < 1.29 is 0 Å². The topological polar surface area (TPSA) is 104 Å². The van der Waals surface area contributed by atoms with Gasteiger partial charge in [0.25, 0.3) is 0 Å². The lowest BCUT2D eigenvalue weighted by Gasteiger charge is -1.95. The van der Waals surface area contributed by atoms with E-state index < -0.39 is 0 Å². The number of nitrogens with zero attached hydrogens (tertiary/aromatic N) is 4. The third-order valence-electron chi connectivity index (χ3n) is 2.61. The van der Waals surface area contributed by atoms with Crippen LogP contribution in [-0.2, 0) is 0 Å². The van der Waals surface area contributed by atoms with Crippen LogP contribution in [0.4, 0.5) is 5.82 Å². The molecule has 0 spiro atoms. The highest BCUT2D eigenvalue weighted by Gasteiger charge is 2.08. The zero-order chi connectivity index (χ0) is 12.5. The summed E-state index contributed by atoms with van der Waals surface area (Å²) in [7, 11) is 0. The number of aromatic nitrogens is 4. The van der Waals surface area contributed by atoms with Crippen molar-refractivity contribution in [3.05, 3.63) is 36.2 Å². The summed E-state index contributed by atoms with van der Waals surface area (Å²) in [4.78, 5) is 15.3.